The van der Waals surface area contributed by atoms with Gasteiger partial charge >= 0.3 is 6.09 Å². The van der Waals surface area contributed by atoms with Crippen LogP contribution in [-0.4, -0.2) is 116 Å². The van der Waals surface area contributed by atoms with E-state index in [1.807, 2.05) is 6.92 Å². The van der Waals surface area contributed by atoms with Crippen LogP contribution in [-0.2, 0) is 38.2 Å². The molecule has 0 aromatic heterocycles. The van der Waals surface area contributed by atoms with Crippen LogP contribution in [0.4, 0.5) is 4.79 Å². The van der Waals surface area contributed by atoms with Crippen molar-refractivity contribution in [2.24, 2.45) is 10.6 Å². The quantitative estimate of drug-likeness (QED) is 0.223. The molecule has 4 N–H and O–H groups in total. The predicted octanol–water partition coefficient (Wildman–Crippen LogP) is 0.747. The first-order valence-corrected chi connectivity index (χ1v) is 16.3. The lowest BCUT2D eigenvalue weighted by Crippen LogP contribution is -2.60. The van der Waals surface area contributed by atoms with Gasteiger partial charge in [-0.3, -0.25) is 19.2 Å². The number of ether oxygens (including phenoxy) is 3. The van der Waals surface area contributed by atoms with Crippen molar-refractivity contribution >= 4 is 35.4 Å². The van der Waals surface area contributed by atoms with Crippen LogP contribution < -0.4 is 21.3 Å². The summed E-state index contributed by atoms with van der Waals surface area (Å²) in [5.74, 6) is -1.70. The van der Waals surface area contributed by atoms with Crippen molar-refractivity contribution in [1.29, 1.82) is 0 Å². The first-order valence-electron chi connectivity index (χ1n) is 16.3. The molecule has 0 aromatic carbocycles. The van der Waals surface area contributed by atoms with Gasteiger partial charge in [-0.05, 0) is 31.6 Å². The van der Waals surface area contributed by atoms with E-state index < -0.39 is 59.3 Å². The van der Waals surface area contributed by atoms with E-state index in [9.17, 15) is 24.0 Å². The van der Waals surface area contributed by atoms with E-state index in [0.717, 1.165) is 12.8 Å². The van der Waals surface area contributed by atoms with Gasteiger partial charge < -0.3 is 45.2 Å². The van der Waals surface area contributed by atoms with Crippen LogP contribution in [0.3, 0.4) is 0 Å². The van der Waals surface area contributed by atoms with Gasteiger partial charge in [-0.1, -0.05) is 39.3 Å². The molecule has 5 amide bonds. The second-order valence-electron chi connectivity index (χ2n) is 13.7. The molecule has 1 spiro atoms. The summed E-state index contributed by atoms with van der Waals surface area (Å²) in [6, 6.07) is -2.67. The number of oxime groups is 1. The Morgan fingerprint density at radius 2 is 1.85 bits per heavy atom. The van der Waals surface area contributed by atoms with E-state index in [4.69, 9.17) is 19.0 Å². The lowest BCUT2D eigenvalue weighted by molar-refractivity contribution is -0.143. The van der Waals surface area contributed by atoms with Gasteiger partial charge in [-0.15, -0.1) is 0 Å². The molecule has 3 heterocycles. The van der Waals surface area contributed by atoms with Crippen LogP contribution in [0.2, 0.25) is 0 Å². The summed E-state index contributed by atoms with van der Waals surface area (Å²) < 4.78 is 16.3. The van der Waals surface area contributed by atoms with Gasteiger partial charge in [-0.2, -0.15) is 0 Å². The minimum absolute atomic E-state index is 0.0441. The molecule has 3 aliphatic heterocycles. The van der Waals surface area contributed by atoms with Crippen molar-refractivity contribution in [3.05, 3.63) is 0 Å². The molecular weight excluding hydrogens is 600 g/mol. The average molecular weight is 651 g/mol. The topological polar surface area (TPSA) is 186 Å². The van der Waals surface area contributed by atoms with Crippen molar-refractivity contribution in [2.75, 3.05) is 33.4 Å². The maximum atomic E-state index is 14.4. The number of likely N-dealkylation sites (tertiary alicyclic amines) is 1. The number of amides is 5. The zero-order valence-corrected chi connectivity index (χ0v) is 27.8. The van der Waals surface area contributed by atoms with Crippen molar-refractivity contribution in [2.45, 2.75) is 122 Å². The highest BCUT2D eigenvalue weighted by atomic mass is 16.7. The number of nitrogens with zero attached hydrogens (tertiary/aromatic N) is 2. The molecule has 1 aliphatic carbocycles. The molecule has 3 fully saturated rings. The smallest absolute Gasteiger partial charge is 0.408 e. The average Bonchev–Trinajstić information content (AvgIpc) is 3.34. The Morgan fingerprint density at radius 3 is 2.43 bits per heavy atom. The molecule has 1 saturated carbocycles. The van der Waals surface area contributed by atoms with Crippen molar-refractivity contribution in [3.63, 3.8) is 0 Å². The maximum absolute atomic E-state index is 14.4. The van der Waals surface area contributed by atoms with Crippen molar-refractivity contribution < 1.29 is 43.0 Å². The van der Waals surface area contributed by atoms with E-state index in [-0.39, 0.29) is 49.6 Å². The lowest BCUT2D eigenvalue weighted by atomic mass is 9.85. The monoisotopic (exact) mass is 650 g/mol. The summed E-state index contributed by atoms with van der Waals surface area (Å²) in [6.07, 6.45) is 1.51. The minimum atomic E-state index is -1.13. The molecule has 4 aliphatic rings. The molecule has 2 saturated heterocycles. The molecule has 46 heavy (non-hydrogen) atoms. The highest BCUT2D eigenvalue weighted by Gasteiger charge is 2.56. The molecule has 2 unspecified atom stereocenters. The van der Waals surface area contributed by atoms with Gasteiger partial charge in [0.05, 0.1) is 25.8 Å². The van der Waals surface area contributed by atoms with Gasteiger partial charge in [0, 0.05) is 39.0 Å². The van der Waals surface area contributed by atoms with Gasteiger partial charge in [-0.25, -0.2) is 4.79 Å². The molecular formula is C31H50N6O9. The van der Waals surface area contributed by atoms with Crippen LogP contribution in [0.25, 0.3) is 0 Å². The number of rotatable bonds is 13. The van der Waals surface area contributed by atoms with E-state index in [1.165, 1.54) is 12.0 Å². The molecule has 0 bridgehead atoms. The first-order chi connectivity index (χ1) is 21.8. The number of alkyl carbamates (subject to hydrolysis) is 1. The molecule has 15 heteroatoms. The van der Waals surface area contributed by atoms with Gasteiger partial charge in [0.25, 0.3) is 11.8 Å². The van der Waals surface area contributed by atoms with Gasteiger partial charge in [0.2, 0.25) is 11.8 Å². The second kappa shape index (κ2) is 15.0. The minimum Gasteiger partial charge on any atom is -0.444 e. The van der Waals surface area contributed by atoms with E-state index in [1.54, 1.807) is 27.7 Å². The standard InChI is InChI=1S/C31H50N6O9/c1-7-9-20(23(43-6)27(40)33-18-10-11-18)34-26(39)22-15-31(14-21(36-46-31)25(38)32-8-2)17-37(22)28(41)24(30(3,4)5)35-29(42)45-19-12-13-44-16-19/h18-20,22-24H,7-17H2,1-6H3,(H,32,38)(H,33,40)(H,34,39)(H,35,42)/t19-,20-,22-,23?,24+,31?/m0/s1. The summed E-state index contributed by atoms with van der Waals surface area (Å²) in [5.41, 5.74) is -1.74. The van der Waals surface area contributed by atoms with Gasteiger partial charge in [0.1, 0.15) is 23.9 Å². The van der Waals surface area contributed by atoms with Crippen LogP contribution in [0.1, 0.15) is 79.6 Å². The number of hydrogen-bond donors (Lipinski definition) is 4. The predicted molar refractivity (Wildman–Crippen MR) is 166 cm³/mol. The number of carbonyl (C=O) groups is 5. The molecule has 258 valence electrons. The third kappa shape index (κ3) is 8.66. The van der Waals surface area contributed by atoms with E-state index in [2.05, 4.69) is 26.4 Å². The van der Waals surface area contributed by atoms with Crippen molar-refractivity contribution in [1.82, 2.24) is 26.2 Å². The number of carbonyl (C=O) groups excluding carboxylic acids is 5. The second-order valence-corrected chi connectivity index (χ2v) is 13.7. The lowest BCUT2D eigenvalue weighted by Gasteiger charge is -2.36. The fraction of sp³-hybridized carbons (Fsp3) is 0.806. The molecule has 0 aromatic rings. The Morgan fingerprint density at radius 1 is 1.11 bits per heavy atom. The Hall–Kier alpha value is -3.46. The summed E-state index contributed by atoms with van der Waals surface area (Å²) in [7, 11) is 1.43. The Labute approximate surface area is 270 Å². The number of nitrogens with one attached hydrogen (secondary N) is 4. The number of methoxy groups -OCH3 is 1. The molecule has 6 atom stereocenters. The van der Waals surface area contributed by atoms with Crippen molar-refractivity contribution in [3.8, 4) is 0 Å². The molecule has 15 nitrogen and oxygen atoms in total. The van der Waals surface area contributed by atoms with E-state index >= 15 is 0 Å². The fourth-order valence-corrected chi connectivity index (χ4v) is 6.09. The normalized spacial score (nSPS) is 26.0. The highest BCUT2D eigenvalue weighted by molar-refractivity contribution is 6.39. The molecule has 4 rings (SSSR count). The Balaban J connectivity index is 1.58. The molecule has 0 radical (unpaired) electrons. The third-order valence-electron chi connectivity index (χ3n) is 8.69. The van der Waals surface area contributed by atoms with Crippen LogP contribution in [0.15, 0.2) is 5.16 Å². The number of hydrogen-bond acceptors (Lipinski definition) is 10. The zero-order valence-electron chi connectivity index (χ0n) is 27.8. The van der Waals surface area contributed by atoms with Crippen LogP contribution in [0, 0.1) is 5.41 Å². The Kier molecular flexibility index (Phi) is 11.5. The van der Waals surface area contributed by atoms with Gasteiger partial charge in [0.15, 0.2) is 11.7 Å². The third-order valence-corrected chi connectivity index (χ3v) is 8.69. The van der Waals surface area contributed by atoms with Crippen LogP contribution in [0.5, 0.6) is 0 Å². The first kappa shape index (κ1) is 35.4. The van der Waals surface area contributed by atoms with Crippen LogP contribution >= 0.6 is 0 Å². The summed E-state index contributed by atoms with van der Waals surface area (Å²) in [6.45, 7) is 10.2. The summed E-state index contributed by atoms with van der Waals surface area (Å²) in [4.78, 5) is 74.2. The Bertz CT molecular complexity index is 1180. The maximum Gasteiger partial charge on any atom is 0.408 e. The summed E-state index contributed by atoms with van der Waals surface area (Å²) >= 11 is 0. The summed E-state index contributed by atoms with van der Waals surface area (Å²) in [5, 5.41) is 15.4. The zero-order chi connectivity index (χ0) is 33.6. The fourth-order valence-electron chi connectivity index (χ4n) is 6.09. The van der Waals surface area contributed by atoms with E-state index in [0.29, 0.717) is 32.4 Å². The SMILES string of the molecule is CCC[C@H](NC(=O)[C@@H]1CC2(CC(C(=O)NCC)=NO2)CN1C(=O)[C@@H](NC(=O)O[C@H]1CCOC1)C(C)(C)C)C(OC)C(=O)NC1CC1. The largest absolute Gasteiger partial charge is 0.444 e. The highest BCUT2D eigenvalue weighted by Crippen LogP contribution is 2.39.